The number of nitrogens with zero attached hydrogens (tertiary/aromatic N) is 3. The largest absolute Gasteiger partial charge is 0.465 e. The molecule has 1 aliphatic heterocycles. The number of rotatable bonds is 4. The first-order valence-electron chi connectivity index (χ1n) is 6.77. The van der Waals surface area contributed by atoms with Crippen LogP contribution in [0.2, 0.25) is 0 Å². The molecule has 0 unspecified atom stereocenters. The monoisotopic (exact) mass is 294 g/mol. The lowest BCUT2D eigenvalue weighted by Gasteiger charge is -2.35. The number of carboxylic acid groups (broad SMARTS) is 1. The summed E-state index contributed by atoms with van der Waals surface area (Å²) in [6.45, 7) is 6.59. The molecule has 2 rings (SSSR count). The highest BCUT2D eigenvalue weighted by atomic mass is 16.6. The minimum atomic E-state index is -1.31. The van der Waals surface area contributed by atoms with Gasteiger partial charge in [-0.05, 0) is 18.7 Å². The number of carbonyl (C=O) groups is 1. The van der Waals surface area contributed by atoms with E-state index in [1.165, 1.54) is 12.1 Å². The van der Waals surface area contributed by atoms with Gasteiger partial charge < -0.3 is 14.9 Å². The fourth-order valence-corrected chi connectivity index (χ4v) is 2.42. The SMILES string of the molecule is CCN1CCN(c2ccc([N+](=O)[O-])c(NC(=O)O)c2)CC1. The Morgan fingerprint density at radius 2 is 2.05 bits per heavy atom. The fourth-order valence-electron chi connectivity index (χ4n) is 2.42. The summed E-state index contributed by atoms with van der Waals surface area (Å²) in [5.74, 6) is 0. The second-order valence-corrected chi connectivity index (χ2v) is 4.81. The van der Waals surface area contributed by atoms with E-state index >= 15 is 0 Å². The number of anilines is 2. The molecule has 0 spiro atoms. The summed E-state index contributed by atoms with van der Waals surface area (Å²) in [5.41, 5.74) is 0.552. The second kappa shape index (κ2) is 6.40. The first kappa shape index (κ1) is 15.0. The molecular formula is C13H18N4O4. The Labute approximate surface area is 122 Å². The molecule has 0 atom stereocenters. The first-order chi connectivity index (χ1) is 10.0. The Morgan fingerprint density at radius 1 is 1.38 bits per heavy atom. The van der Waals surface area contributed by atoms with Gasteiger partial charge in [0, 0.05) is 37.9 Å². The third-order valence-corrected chi connectivity index (χ3v) is 3.60. The van der Waals surface area contributed by atoms with Crippen molar-refractivity contribution in [1.29, 1.82) is 0 Å². The molecule has 1 saturated heterocycles. The maximum Gasteiger partial charge on any atom is 0.409 e. The molecule has 2 N–H and O–H groups in total. The number of hydrogen-bond donors (Lipinski definition) is 2. The van der Waals surface area contributed by atoms with Crippen LogP contribution < -0.4 is 10.2 Å². The Kier molecular flexibility index (Phi) is 4.59. The highest BCUT2D eigenvalue weighted by molar-refractivity contribution is 5.87. The number of nitro benzene ring substituents is 1. The summed E-state index contributed by atoms with van der Waals surface area (Å²) in [6.07, 6.45) is -1.31. The van der Waals surface area contributed by atoms with Gasteiger partial charge in [0.1, 0.15) is 5.69 Å². The van der Waals surface area contributed by atoms with Gasteiger partial charge in [0.05, 0.1) is 4.92 Å². The van der Waals surface area contributed by atoms with E-state index in [4.69, 9.17) is 5.11 Å². The van der Waals surface area contributed by atoms with Crippen LogP contribution in [-0.2, 0) is 0 Å². The van der Waals surface area contributed by atoms with Gasteiger partial charge in [-0.3, -0.25) is 15.4 Å². The van der Waals surface area contributed by atoms with E-state index in [1.807, 2.05) is 0 Å². The molecule has 8 nitrogen and oxygen atoms in total. The number of nitrogens with one attached hydrogen (secondary N) is 1. The van der Waals surface area contributed by atoms with Gasteiger partial charge in [-0.1, -0.05) is 6.92 Å². The number of benzene rings is 1. The highest BCUT2D eigenvalue weighted by Gasteiger charge is 2.20. The van der Waals surface area contributed by atoms with E-state index in [0.29, 0.717) is 0 Å². The van der Waals surface area contributed by atoms with Gasteiger partial charge in [0.2, 0.25) is 0 Å². The van der Waals surface area contributed by atoms with Crippen molar-refractivity contribution >= 4 is 23.2 Å². The van der Waals surface area contributed by atoms with Crippen LogP contribution in [-0.4, -0.2) is 53.7 Å². The van der Waals surface area contributed by atoms with Gasteiger partial charge in [0.15, 0.2) is 0 Å². The molecule has 1 fully saturated rings. The molecule has 0 bridgehead atoms. The normalized spacial score (nSPS) is 15.8. The summed E-state index contributed by atoms with van der Waals surface area (Å²) >= 11 is 0. The molecule has 21 heavy (non-hydrogen) atoms. The van der Waals surface area contributed by atoms with Crippen molar-refractivity contribution in [1.82, 2.24) is 4.90 Å². The summed E-state index contributed by atoms with van der Waals surface area (Å²) < 4.78 is 0. The topological polar surface area (TPSA) is 99.0 Å². The van der Waals surface area contributed by atoms with Crippen LogP contribution >= 0.6 is 0 Å². The summed E-state index contributed by atoms with van der Waals surface area (Å²) in [6, 6.07) is 4.52. The van der Waals surface area contributed by atoms with Crippen molar-refractivity contribution in [2.75, 3.05) is 42.9 Å². The summed E-state index contributed by atoms with van der Waals surface area (Å²) in [5, 5.41) is 21.8. The van der Waals surface area contributed by atoms with E-state index < -0.39 is 11.0 Å². The summed E-state index contributed by atoms with van der Waals surface area (Å²) in [4.78, 5) is 25.5. The molecule has 0 saturated carbocycles. The van der Waals surface area contributed by atoms with Crippen molar-refractivity contribution in [3.05, 3.63) is 28.3 Å². The van der Waals surface area contributed by atoms with Crippen molar-refractivity contribution in [2.24, 2.45) is 0 Å². The molecule has 1 aromatic rings. The lowest BCUT2D eigenvalue weighted by atomic mass is 10.2. The zero-order valence-corrected chi connectivity index (χ0v) is 11.8. The molecule has 0 radical (unpaired) electrons. The quantitative estimate of drug-likeness (QED) is 0.649. The Morgan fingerprint density at radius 3 is 2.57 bits per heavy atom. The van der Waals surface area contributed by atoms with Crippen LogP contribution in [0.3, 0.4) is 0 Å². The predicted molar refractivity (Wildman–Crippen MR) is 79.1 cm³/mol. The van der Waals surface area contributed by atoms with Crippen molar-refractivity contribution in [3.8, 4) is 0 Å². The number of likely N-dealkylation sites (N-methyl/N-ethyl adjacent to an activating group) is 1. The molecular weight excluding hydrogens is 276 g/mol. The first-order valence-corrected chi connectivity index (χ1v) is 6.77. The van der Waals surface area contributed by atoms with Crippen LogP contribution in [0.1, 0.15) is 6.92 Å². The molecule has 8 heteroatoms. The Balaban J connectivity index is 2.21. The van der Waals surface area contributed by atoms with Crippen molar-refractivity contribution in [3.63, 3.8) is 0 Å². The zero-order valence-electron chi connectivity index (χ0n) is 11.8. The Bertz CT molecular complexity index is 541. The van der Waals surface area contributed by atoms with E-state index in [-0.39, 0.29) is 11.4 Å². The molecule has 1 aromatic carbocycles. The van der Waals surface area contributed by atoms with Crippen LogP contribution in [0.25, 0.3) is 0 Å². The minimum absolute atomic E-state index is 0.00270. The van der Waals surface area contributed by atoms with E-state index in [9.17, 15) is 14.9 Å². The van der Waals surface area contributed by atoms with E-state index in [2.05, 4.69) is 22.0 Å². The minimum Gasteiger partial charge on any atom is -0.465 e. The Hall–Kier alpha value is -2.35. The smallest absolute Gasteiger partial charge is 0.409 e. The van der Waals surface area contributed by atoms with Gasteiger partial charge in [-0.2, -0.15) is 0 Å². The number of hydrogen-bond acceptors (Lipinski definition) is 5. The standard InChI is InChI=1S/C13H18N4O4/c1-2-15-5-7-16(8-6-15)10-3-4-12(17(20)21)11(9-10)14-13(18)19/h3-4,9,14H,2,5-8H2,1H3,(H,18,19). The fraction of sp³-hybridized carbons (Fsp3) is 0.462. The van der Waals surface area contributed by atoms with Gasteiger partial charge >= 0.3 is 6.09 Å². The lowest BCUT2D eigenvalue weighted by Crippen LogP contribution is -2.46. The van der Waals surface area contributed by atoms with Crippen LogP contribution in [0.4, 0.5) is 21.9 Å². The maximum atomic E-state index is 10.9. The maximum absolute atomic E-state index is 10.9. The van der Waals surface area contributed by atoms with Crippen LogP contribution in [0.5, 0.6) is 0 Å². The third kappa shape index (κ3) is 3.60. The molecule has 1 amide bonds. The number of amides is 1. The molecule has 114 valence electrons. The lowest BCUT2D eigenvalue weighted by molar-refractivity contribution is -0.383. The summed E-state index contributed by atoms with van der Waals surface area (Å²) in [7, 11) is 0. The molecule has 0 aromatic heterocycles. The number of nitro groups is 1. The third-order valence-electron chi connectivity index (χ3n) is 3.60. The molecule has 0 aliphatic carbocycles. The van der Waals surface area contributed by atoms with Gasteiger partial charge in [-0.25, -0.2) is 4.79 Å². The van der Waals surface area contributed by atoms with Gasteiger partial charge in [-0.15, -0.1) is 0 Å². The second-order valence-electron chi connectivity index (χ2n) is 4.81. The molecule has 1 aliphatic rings. The van der Waals surface area contributed by atoms with Crippen molar-refractivity contribution in [2.45, 2.75) is 6.92 Å². The van der Waals surface area contributed by atoms with Crippen molar-refractivity contribution < 1.29 is 14.8 Å². The van der Waals surface area contributed by atoms with Crippen LogP contribution in [0.15, 0.2) is 18.2 Å². The predicted octanol–water partition coefficient (Wildman–Crippen LogP) is 1.83. The number of piperazine rings is 1. The van der Waals surface area contributed by atoms with E-state index in [0.717, 1.165) is 38.4 Å². The van der Waals surface area contributed by atoms with Crippen LogP contribution in [0, 0.1) is 10.1 Å². The molecule has 1 heterocycles. The van der Waals surface area contributed by atoms with E-state index in [1.54, 1.807) is 6.07 Å². The van der Waals surface area contributed by atoms with Gasteiger partial charge in [0.25, 0.3) is 5.69 Å². The average Bonchev–Trinajstić information content (AvgIpc) is 2.46. The highest BCUT2D eigenvalue weighted by Crippen LogP contribution is 2.30. The zero-order chi connectivity index (χ0) is 15.4. The average molecular weight is 294 g/mol.